The molecule has 0 aliphatic rings. The second-order valence-electron chi connectivity index (χ2n) is 0.220. The molecule has 1 unspecified atom stereocenters. The molecule has 0 aromatic rings. The van der Waals surface area contributed by atoms with Crippen molar-refractivity contribution in [2.75, 3.05) is 0 Å². The molecule has 0 spiro atoms. The Morgan fingerprint density at radius 3 is 1.83 bits per heavy atom. The fourth-order valence-corrected chi connectivity index (χ4v) is 0. The molecular weight excluding hydrogens is 103 g/mol. The van der Waals surface area contributed by atoms with Crippen molar-refractivity contribution in [3.05, 3.63) is 0 Å². The van der Waals surface area contributed by atoms with Crippen LogP contribution >= 0.6 is 8.69 Å². The maximum absolute atomic E-state index is 8.51. The van der Waals surface area contributed by atoms with Gasteiger partial charge in [-0.2, -0.15) is 4.89 Å². The van der Waals surface area contributed by atoms with Crippen molar-refractivity contribution in [1.29, 1.82) is 0 Å². The van der Waals surface area contributed by atoms with Gasteiger partial charge in [0.1, 0.15) is 6.11 Å². The molecule has 0 saturated heterocycles. The van der Waals surface area contributed by atoms with Crippen molar-refractivity contribution in [3.63, 3.8) is 0 Å². The van der Waals surface area contributed by atoms with E-state index in [0.717, 1.165) is 0 Å². The highest BCUT2D eigenvalue weighted by atomic mass is 31.1. The molecule has 0 saturated carbocycles. The largest absolute Gasteiger partial charge is 0.491 e. The molecule has 3 nitrogen and oxygen atoms in total. The lowest BCUT2D eigenvalue weighted by atomic mass is 11.3. The molecular formula is C2H4O3P+. The number of aliphatic hydroxyl groups excluding tert-OH is 1. The van der Waals surface area contributed by atoms with Crippen molar-refractivity contribution in [2.45, 2.75) is 0 Å². The fourth-order valence-electron chi connectivity index (χ4n) is 0. The summed E-state index contributed by atoms with van der Waals surface area (Å²) in [6, 6.07) is 0. The average Bonchev–Trinajstić information content (AvgIpc) is 1.39. The Morgan fingerprint density at radius 1 is 1.83 bits per heavy atom. The van der Waals surface area contributed by atoms with Crippen molar-refractivity contribution in [2.24, 2.45) is 0 Å². The summed E-state index contributed by atoms with van der Waals surface area (Å²) in [5.74, 6) is 0. The van der Waals surface area contributed by atoms with E-state index in [1.165, 1.54) is 6.11 Å². The molecule has 4 heteroatoms. The van der Waals surface area contributed by atoms with Crippen LogP contribution in [0.4, 0.5) is 0 Å². The maximum Gasteiger partial charge on any atom is 0.491 e. The summed E-state index contributed by atoms with van der Waals surface area (Å²) in [5, 5.41) is 7.10. The molecule has 6 heavy (non-hydrogen) atoms. The third kappa shape index (κ3) is 59.5. The summed E-state index contributed by atoms with van der Waals surface area (Å²) >= 11 is 0. The summed E-state index contributed by atoms with van der Waals surface area (Å²) in [6.07, 6.45) is 5.40. The zero-order valence-electron chi connectivity index (χ0n) is 2.88. The fraction of sp³-hybridized carbons (Fsp3) is 0. The molecule has 0 aliphatic heterocycles. The Hall–Kier alpha value is -0.580. The Labute approximate surface area is 36.9 Å². The third-order valence-electron chi connectivity index (χ3n) is 0. The monoisotopic (exact) mass is 107 g/mol. The minimum Gasteiger partial charge on any atom is -0.462 e. The molecule has 1 atom stereocenters. The second-order valence-corrected chi connectivity index (χ2v) is 0.403. The maximum atomic E-state index is 8.51. The Balaban J connectivity index is 0. The summed E-state index contributed by atoms with van der Waals surface area (Å²) in [5.41, 5.74) is 0. The van der Waals surface area contributed by atoms with Gasteiger partial charge in [0.25, 0.3) is 0 Å². The van der Waals surface area contributed by atoms with Gasteiger partial charge in [0.05, 0.1) is 0 Å². The Morgan fingerprint density at radius 2 is 1.83 bits per heavy atom. The van der Waals surface area contributed by atoms with E-state index in [9.17, 15) is 0 Å². The van der Waals surface area contributed by atoms with Crippen LogP contribution in [-0.2, 0) is 4.57 Å². The third-order valence-corrected chi connectivity index (χ3v) is 0. The van der Waals surface area contributed by atoms with Gasteiger partial charge in [0.15, 0.2) is 0 Å². The molecule has 2 N–H and O–H groups in total. The standard InChI is InChI=1S/C2H2O.HO2P/c1-2-3;1-3-2/h1,3H;3H/p+1. The van der Waals surface area contributed by atoms with Crippen LogP contribution in [0.3, 0.4) is 0 Å². The van der Waals surface area contributed by atoms with Gasteiger partial charge in [-0.05, 0) is 4.57 Å². The number of aliphatic hydroxyl groups is 1. The van der Waals surface area contributed by atoms with Crippen LogP contribution in [0, 0.1) is 12.5 Å². The highest BCUT2D eigenvalue weighted by molar-refractivity contribution is 7.16. The van der Waals surface area contributed by atoms with E-state index < -0.39 is 8.69 Å². The smallest absolute Gasteiger partial charge is 0.462 e. The lowest BCUT2D eigenvalue weighted by Gasteiger charge is -1.32. The van der Waals surface area contributed by atoms with Gasteiger partial charge in [-0.25, -0.2) is 0 Å². The van der Waals surface area contributed by atoms with Gasteiger partial charge in [0.2, 0.25) is 0 Å². The number of terminal acetylenes is 1. The molecule has 34 valence electrons. The molecule has 0 rings (SSSR count). The average molecular weight is 107 g/mol. The highest BCUT2D eigenvalue weighted by Gasteiger charge is 1.45. The minimum atomic E-state index is -1.17. The van der Waals surface area contributed by atoms with Crippen LogP contribution in [0.2, 0.25) is 0 Å². The first-order chi connectivity index (χ1) is 2.83. The van der Waals surface area contributed by atoms with Gasteiger partial charge in [-0.3, -0.25) is 0 Å². The molecule has 0 aliphatic carbocycles. The minimum absolute atomic E-state index is 1.17. The van der Waals surface area contributed by atoms with E-state index in [2.05, 4.69) is 6.42 Å². The van der Waals surface area contributed by atoms with E-state index in [1.807, 2.05) is 0 Å². The van der Waals surface area contributed by atoms with Crippen LogP contribution in [0.5, 0.6) is 0 Å². The molecule has 0 aromatic carbocycles. The second kappa shape index (κ2) is 25.6. The van der Waals surface area contributed by atoms with Crippen molar-refractivity contribution in [3.8, 4) is 12.5 Å². The van der Waals surface area contributed by atoms with Crippen LogP contribution < -0.4 is 0 Å². The Kier molecular flexibility index (Phi) is 38.7. The number of rotatable bonds is 0. The molecule has 0 radical (unpaired) electrons. The SMILES string of the molecule is C#CO.O=[PH+]O. The lowest BCUT2D eigenvalue weighted by Crippen LogP contribution is -1.27. The first-order valence-electron chi connectivity index (χ1n) is 0.940. The van der Waals surface area contributed by atoms with Crippen LogP contribution in [0.25, 0.3) is 0 Å². The number of hydrogen-bond donors (Lipinski definition) is 2. The normalized spacial score (nSPS) is 4.67. The van der Waals surface area contributed by atoms with E-state index in [1.54, 1.807) is 0 Å². The van der Waals surface area contributed by atoms with Crippen molar-refractivity contribution in [1.82, 2.24) is 0 Å². The van der Waals surface area contributed by atoms with Crippen LogP contribution in [0.1, 0.15) is 0 Å². The summed E-state index contributed by atoms with van der Waals surface area (Å²) in [6.45, 7) is 0. The van der Waals surface area contributed by atoms with E-state index in [-0.39, 0.29) is 0 Å². The zero-order valence-corrected chi connectivity index (χ0v) is 3.88. The number of hydrogen-bond acceptors (Lipinski definition) is 2. The van der Waals surface area contributed by atoms with E-state index >= 15 is 0 Å². The van der Waals surface area contributed by atoms with Crippen LogP contribution in [-0.4, -0.2) is 10.00 Å². The van der Waals surface area contributed by atoms with Gasteiger partial charge >= 0.3 is 8.69 Å². The summed E-state index contributed by atoms with van der Waals surface area (Å²) in [7, 11) is -1.17. The van der Waals surface area contributed by atoms with E-state index in [4.69, 9.17) is 14.6 Å². The first kappa shape index (κ1) is 9.05. The molecule has 0 fully saturated rings. The van der Waals surface area contributed by atoms with Crippen molar-refractivity contribution < 1.29 is 14.6 Å². The summed E-state index contributed by atoms with van der Waals surface area (Å²) in [4.78, 5) is 7.04. The Bertz CT molecular complexity index is 54.3. The van der Waals surface area contributed by atoms with Crippen LogP contribution in [0.15, 0.2) is 0 Å². The molecule has 0 aromatic heterocycles. The summed E-state index contributed by atoms with van der Waals surface area (Å²) < 4.78 is 8.51. The topological polar surface area (TPSA) is 57.5 Å². The molecule has 0 bridgehead atoms. The van der Waals surface area contributed by atoms with Crippen molar-refractivity contribution >= 4 is 8.69 Å². The first-order valence-corrected chi connectivity index (χ1v) is 1.80. The quantitative estimate of drug-likeness (QED) is 0.334. The predicted octanol–water partition coefficient (Wildman–Crippen LogP) is -0.133. The predicted molar refractivity (Wildman–Crippen MR) is 22.0 cm³/mol. The van der Waals surface area contributed by atoms with Gasteiger partial charge in [0, 0.05) is 0 Å². The highest BCUT2D eigenvalue weighted by Crippen LogP contribution is 1.66. The van der Waals surface area contributed by atoms with E-state index in [0.29, 0.717) is 0 Å². The van der Waals surface area contributed by atoms with Gasteiger partial charge in [-0.1, -0.05) is 6.42 Å². The zero-order chi connectivity index (χ0) is 5.41. The van der Waals surface area contributed by atoms with Gasteiger partial charge in [-0.15, -0.1) is 0 Å². The molecule has 0 amide bonds. The molecule has 0 heterocycles. The lowest BCUT2D eigenvalue weighted by molar-refractivity contribution is 0.518. The van der Waals surface area contributed by atoms with Gasteiger partial charge < -0.3 is 5.11 Å².